The Morgan fingerprint density at radius 2 is 1.91 bits per heavy atom. The van der Waals surface area contributed by atoms with E-state index in [-0.39, 0.29) is 0 Å². The van der Waals surface area contributed by atoms with Crippen molar-refractivity contribution in [3.8, 4) is 11.1 Å². The first-order chi connectivity index (χ1) is 10.8. The molecule has 4 nitrogen and oxygen atoms in total. The molecule has 0 bridgehead atoms. The van der Waals surface area contributed by atoms with Gasteiger partial charge in [-0.05, 0) is 48.6 Å². The van der Waals surface area contributed by atoms with Gasteiger partial charge in [-0.1, -0.05) is 19.9 Å². The SMILES string of the molecule is CC(C)c1c[nH]c2ncc(-c3ccc(N)c(P(C)(C)=O)c3)cc12. The second-order valence-electron chi connectivity index (χ2n) is 6.64. The minimum Gasteiger partial charge on any atom is -0.398 e. The van der Waals surface area contributed by atoms with Gasteiger partial charge in [0.2, 0.25) is 0 Å². The van der Waals surface area contributed by atoms with Crippen molar-refractivity contribution in [2.24, 2.45) is 0 Å². The van der Waals surface area contributed by atoms with E-state index in [0.717, 1.165) is 27.5 Å². The second kappa shape index (κ2) is 5.54. The molecule has 0 aliphatic heterocycles. The van der Waals surface area contributed by atoms with E-state index in [1.165, 1.54) is 5.56 Å². The number of aromatic nitrogens is 2. The number of aromatic amines is 1. The molecule has 0 aliphatic carbocycles. The molecule has 0 saturated carbocycles. The first-order valence-electron chi connectivity index (χ1n) is 7.70. The zero-order valence-corrected chi connectivity index (χ0v) is 14.8. The van der Waals surface area contributed by atoms with Gasteiger partial charge in [0.1, 0.15) is 12.8 Å². The van der Waals surface area contributed by atoms with Crippen LogP contribution < -0.4 is 11.0 Å². The Morgan fingerprint density at radius 3 is 2.57 bits per heavy atom. The Labute approximate surface area is 136 Å². The lowest BCUT2D eigenvalue weighted by Gasteiger charge is -2.13. The molecule has 0 spiro atoms. The van der Waals surface area contributed by atoms with Gasteiger partial charge < -0.3 is 15.3 Å². The van der Waals surface area contributed by atoms with Crippen LogP contribution in [0.15, 0.2) is 36.7 Å². The van der Waals surface area contributed by atoms with Crippen LogP contribution in [0.2, 0.25) is 0 Å². The molecule has 0 fully saturated rings. The molecule has 120 valence electrons. The summed E-state index contributed by atoms with van der Waals surface area (Å²) in [5, 5.41) is 1.86. The third kappa shape index (κ3) is 2.91. The summed E-state index contributed by atoms with van der Waals surface area (Å²) in [6.45, 7) is 7.82. The van der Waals surface area contributed by atoms with Crippen molar-refractivity contribution in [3.05, 3.63) is 42.2 Å². The van der Waals surface area contributed by atoms with Crippen LogP contribution in [0.1, 0.15) is 25.3 Å². The van der Waals surface area contributed by atoms with Crippen molar-refractivity contribution in [3.63, 3.8) is 0 Å². The molecule has 23 heavy (non-hydrogen) atoms. The number of rotatable bonds is 3. The third-order valence-corrected chi connectivity index (χ3v) is 5.68. The molecule has 0 radical (unpaired) electrons. The van der Waals surface area contributed by atoms with Crippen LogP contribution in [0.4, 0.5) is 5.69 Å². The first kappa shape index (κ1) is 15.8. The summed E-state index contributed by atoms with van der Waals surface area (Å²) < 4.78 is 12.4. The standard InChI is InChI=1S/C18H22N3OP/c1-11(2)15-10-21-18-14(15)7-13(9-20-18)12-5-6-16(19)17(8-12)23(3,4)22/h5-11H,19H2,1-4H3,(H,20,21). The van der Waals surface area contributed by atoms with Crippen LogP contribution in [-0.4, -0.2) is 23.3 Å². The summed E-state index contributed by atoms with van der Waals surface area (Å²) in [5.74, 6) is 0.425. The summed E-state index contributed by atoms with van der Waals surface area (Å²) in [6.07, 6.45) is 3.86. The molecule has 0 aliphatic rings. The van der Waals surface area contributed by atoms with E-state index >= 15 is 0 Å². The average molecular weight is 327 g/mol. The van der Waals surface area contributed by atoms with Gasteiger partial charge in [0.25, 0.3) is 0 Å². The minimum absolute atomic E-state index is 0.425. The number of nitrogens with one attached hydrogen (secondary N) is 1. The van der Waals surface area contributed by atoms with Crippen molar-refractivity contribution in [2.45, 2.75) is 19.8 Å². The van der Waals surface area contributed by atoms with E-state index in [1.807, 2.05) is 30.6 Å². The van der Waals surface area contributed by atoms with Crippen molar-refractivity contribution in [1.82, 2.24) is 9.97 Å². The monoisotopic (exact) mass is 327 g/mol. The lowest BCUT2D eigenvalue weighted by molar-refractivity contribution is 0.588. The van der Waals surface area contributed by atoms with Gasteiger partial charge in [0.15, 0.2) is 0 Å². The smallest absolute Gasteiger partial charge is 0.137 e. The third-order valence-electron chi connectivity index (χ3n) is 4.13. The molecule has 1 aromatic carbocycles. The van der Waals surface area contributed by atoms with E-state index in [4.69, 9.17) is 5.73 Å². The normalized spacial score (nSPS) is 12.2. The number of hydrogen-bond donors (Lipinski definition) is 2. The van der Waals surface area contributed by atoms with Crippen molar-refractivity contribution in [2.75, 3.05) is 19.1 Å². The van der Waals surface area contributed by atoms with E-state index < -0.39 is 7.14 Å². The number of hydrogen-bond acceptors (Lipinski definition) is 3. The molecule has 2 aromatic heterocycles. The highest BCUT2D eigenvalue weighted by Gasteiger charge is 2.16. The van der Waals surface area contributed by atoms with Crippen LogP contribution >= 0.6 is 7.14 Å². The number of nitrogens with zero attached hydrogens (tertiary/aromatic N) is 1. The molecule has 0 saturated heterocycles. The number of nitrogens with two attached hydrogens (primary N) is 1. The highest BCUT2D eigenvalue weighted by atomic mass is 31.2. The molecule has 0 atom stereocenters. The highest BCUT2D eigenvalue weighted by molar-refractivity contribution is 7.70. The molecule has 0 amide bonds. The maximum atomic E-state index is 12.4. The largest absolute Gasteiger partial charge is 0.398 e. The number of pyridine rings is 1. The number of nitrogen functional groups attached to an aromatic ring is 1. The van der Waals surface area contributed by atoms with Crippen molar-refractivity contribution < 1.29 is 4.57 Å². The Balaban J connectivity index is 2.17. The van der Waals surface area contributed by atoms with Crippen LogP contribution in [0.5, 0.6) is 0 Å². The van der Waals surface area contributed by atoms with Gasteiger partial charge in [0, 0.05) is 34.3 Å². The van der Waals surface area contributed by atoms with Gasteiger partial charge >= 0.3 is 0 Å². The van der Waals surface area contributed by atoms with E-state index in [9.17, 15) is 4.57 Å². The van der Waals surface area contributed by atoms with E-state index in [1.54, 1.807) is 13.3 Å². The quantitative estimate of drug-likeness (QED) is 0.560. The first-order valence-corrected chi connectivity index (χ1v) is 10.3. The van der Waals surface area contributed by atoms with Crippen LogP contribution in [0, 0.1) is 0 Å². The molecule has 3 aromatic rings. The van der Waals surface area contributed by atoms with Crippen LogP contribution in [-0.2, 0) is 4.57 Å². The lowest BCUT2D eigenvalue weighted by Crippen LogP contribution is -2.09. The minimum atomic E-state index is -2.42. The number of anilines is 1. The van der Waals surface area contributed by atoms with Gasteiger partial charge in [-0.2, -0.15) is 0 Å². The molecule has 5 heteroatoms. The fourth-order valence-electron chi connectivity index (χ4n) is 2.85. The van der Waals surface area contributed by atoms with Gasteiger partial charge in [-0.3, -0.25) is 0 Å². The van der Waals surface area contributed by atoms with Crippen molar-refractivity contribution in [1.29, 1.82) is 0 Å². The van der Waals surface area contributed by atoms with E-state index in [2.05, 4.69) is 29.9 Å². The molecular formula is C18H22N3OP. The summed E-state index contributed by atoms with van der Waals surface area (Å²) in [5.41, 5.74) is 10.7. The Kier molecular flexibility index (Phi) is 3.81. The van der Waals surface area contributed by atoms with Gasteiger partial charge in [-0.25, -0.2) is 4.98 Å². The second-order valence-corrected chi connectivity index (χ2v) is 9.83. The van der Waals surface area contributed by atoms with Crippen molar-refractivity contribution >= 4 is 29.2 Å². The topological polar surface area (TPSA) is 71.8 Å². The fourth-order valence-corrected chi connectivity index (χ4v) is 4.00. The molecule has 3 N–H and O–H groups in total. The summed E-state index contributed by atoms with van der Waals surface area (Å²) in [4.78, 5) is 7.74. The fraction of sp³-hybridized carbons (Fsp3) is 0.278. The summed E-state index contributed by atoms with van der Waals surface area (Å²) >= 11 is 0. The number of fused-ring (bicyclic) bond motifs is 1. The van der Waals surface area contributed by atoms with Crippen LogP contribution in [0.25, 0.3) is 22.2 Å². The Hall–Kier alpha value is -2.06. The summed E-state index contributed by atoms with van der Waals surface area (Å²) in [6, 6.07) is 7.86. The highest BCUT2D eigenvalue weighted by Crippen LogP contribution is 2.38. The predicted molar refractivity (Wildman–Crippen MR) is 99.1 cm³/mol. The zero-order valence-electron chi connectivity index (χ0n) is 13.9. The Bertz CT molecular complexity index is 921. The number of benzene rings is 1. The Morgan fingerprint density at radius 1 is 1.17 bits per heavy atom. The molecular weight excluding hydrogens is 305 g/mol. The summed E-state index contributed by atoms with van der Waals surface area (Å²) in [7, 11) is -2.42. The maximum Gasteiger partial charge on any atom is 0.137 e. The van der Waals surface area contributed by atoms with E-state index in [0.29, 0.717) is 11.6 Å². The van der Waals surface area contributed by atoms with Gasteiger partial charge in [-0.15, -0.1) is 0 Å². The zero-order chi connectivity index (χ0) is 16.8. The predicted octanol–water partition coefficient (Wildman–Crippen LogP) is 4.18. The molecule has 0 unspecified atom stereocenters. The number of H-pyrrole nitrogens is 1. The average Bonchev–Trinajstić information content (AvgIpc) is 2.89. The maximum absolute atomic E-state index is 12.4. The molecule has 3 rings (SSSR count). The molecule has 2 heterocycles. The van der Waals surface area contributed by atoms with Crippen LogP contribution in [0.3, 0.4) is 0 Å². The lowest BCUT2D eigenvalue weighted by atomic mass is 10.0. The van der Waals surface area contributed by atoms with Gasteiger partial charge in [0.05, 0.1) is 0 Å².